The van der Waals surface area contributed by atoms with E-state index in [1.54, 1.807) is 12.1 Å². The lowest BCUT2D eigenvalue weighted by atomic mass is 9.97. The number of nitrogens with zero attached hydrogens (tertiary/aromatic N) is 1. The van der Waals surface area contributed by atoms with Gasteiger partial charge in [-0.1, -0.05) is 15.9 Å². The highest BCUT2D eigenvalue weighted by atomic mass is 79.9. The molecule has 0 amide bonds. The standard InChI is InChI=1S/C14H16BrNO2/c15-11-3-4-12(14(17)18)13(6-11)16-7-9-1-2-10(5-9)8-16/h3-4,6,9-10H,1-2,5,7-8H2,(H,17,18). The zero-order valence-corrected chi connectivity index (χ0v) is 11.7. The fourth-order valence-electron chi connectivity index (χ4n) is 3.35. The topological polar surface area (TPSA) is 40.5 Å². The molecular weight excluding hydrogens is 294 g/mol. The van der Waals surface area contributed by atoms with Crippen LogP contribution in [-0.4, -0.2) is 24.2 Å². The molecular formula is C14H16BrNO2. The van der Waals surface area contributed by atoms with Crippen molar-refractivity contribution in [2.24, 2.45) is 11.8 Å². The van der Waals surface area contributed by atoms with Crippen molar-refractivity contribution in [2.75, 3.05) is 18.0 Å². The van der Waals surface area contributed by atoms with Crippen LogP contribution in [-0.2, 0) is 0 Å². The van der Waals surface area contributed by atoms with Crippen LogP contribution in [0.1, 0.15) is 29.6 Å². The third-order valence-corrected chi connectivity index (χ3v) is 4.63. The summed E-state index contributed by atoms with van der Waals surface area (Å²) in [6, 6.07) is 5.43. The molecule has 2 unspecified atom stereocenters. The number of benzene rings is 1. The van der Waals surface area contributed by atoms with Crippen LogP contribution in [0.3, 0.4) is 0 Å². The molecule has 1 N–H and O–H groups in total. The maximum Gasteiger partial charge on any atom is 0.337 e. The molecule has 0 spiro atoms. The number of hydrogen-bond acceptors (Lipinski definition) is 2. The van der Waals surface area contributed by atoms with Crippen molar-refractivity contribution in [3.05, 3.63) is 28.2 Å². The summed E-state index contributed by atoms with van der Waals surface area (Å²) in [5.74, 6) is 0.671. The average molecular weight is 310 g/mol. The van der Waals surface area contributed by atoms with Crippen molar-refractivity contribution in [1.29, 1.82) is 0 Å². The quantitative estimate of drug-likeness (QED) is 0.910. The summed E-state index contributed by atoms with van der Waals surface area (Å²) in [5.41, 5.74) is 1.29. The van der Waals surface area contributed by atoms with Crippen LogP contribution in [0, 0.1) is 11.8 Å². The Bertz CT molecular complexity index is 477. The van der Waals surface area contributed by atoms with E-state index < -0.39 is 5.97 Å². The van der Waals surface area contributed by atoms with E-state index in [1.165, 1.54) is 19.3 Å². The number of carboxylic acid groups (broad SMARTS) is 1. The maximum atomic E-state index is 11.3. The predicted octanol–water partition coefficient (Wildman–Crippen LogP) is 3.38. The second-order valence-electron chi connectivity index (χ2n) is 5.42. The van der Waals surface area contributed by atoms with Gasteiger partial charge < -0.3 is 10.0 Å². The first-order valence-electron chi connectivity index (χ1n) is 6.41. The minimum absolute atomic E-state index is 0.416. The van der Waals surface area contributed by atoms with Crippen molar-refractivity contribution in [3.63, 3.8) is 0 Å². The molecule has 2 fully saturated rings. The lowest BCUT2D eigenvalue weighted by Crippen LogP contribution is -2.37. The van der Waals surface area contributed by atoms with Gasteiger partial charge in [-0.2, -0.15) is 0 Å². The van der Waals surface area contributed by atoms with Crippen LogP contribution < -0.4 is 4.90 Å². The monoisotopic (exact) mass is 309 g/mol. The van der Waals surface area contributed by atoms with E-state index in [2.05, 4.69) is 20.8 Å². The molecule has 2 aliphatic rings. The fraction of sp³-hybridized carbons (Fsp3) is 0.500. The Morgan fingerprint density at radius 2 is 1.94 bits per heavy atom. The number of carboxylic acids is 1. The van der Waals surface area contributed by atoms with E-state index in [-0.39, 0.29) is 0 Å². The Balaban J connectivity index is 1.95. The molecule has 3 nitrogen and oxygen atoms in total. The molecule has 1 aromatic rings. The fourth-order valence-corrected chi connectivity index (χ4v) is 3.70. The molecule has 0 radical (unpaired) electrons. The van der Waals surface area contributed by atoms with E-state index >= 15 is 0 Å². The molecule has 18 heavy (non-hydrogen) atoms. The third kappa shape index (κ3) is 2.14. The molecule has 2 bridgehead atoms. The number of aromatic carboxylic acids is 1. The Morgan fingerprint density at radius 1 is 1.28 bits per heavy atom. The highest BCUT2D eigenvalue weighted by Crippen LogP contribution is 2.39. The number of carbonyl (C=O) groups is 1. The third-order valence-electron chi connectivity index (χ3n) is 4.14. The van der Waals surface area contributed by atoms with Crippen LogP contribution >= 0.6 is 15.9 Å². The predicted molar refractivity (Wildman–Crippen MR) is 74.1 cm³/mol. The Kier molecular flexibility index (Phi) is 3.06. The summed E-state index contributed by atoms with van der Waals surface area (Å²) in [4.78, 5) is 13.6. The van der Waals surface area contributed by atoms with Gasteiger partial charge in [-0.3, -0.25) is 0 Å². The van der Waals surface area contributed by atoms with Gasteiger partial charge in [-0.25, -0.2) is 4.79 Å². The first-order valence-corrected chi connectivity index (χ1v) is 7.20. The van der Waals surface area contributed by atoms with Gasteiger partial charge in [0.15, 0.2) is 0 Å². The van der Waals surface area contributed by atoms with Gasteiger partial charge in [0.2, 0.25) is 0 Å². The lowest BCUT2D eigenvalue weighted by molar-refractivity contribution is 0.0697. The SMILES string of the molecule is O=C(O)c1ccc(Br)cc1N1CC2CCC(C2)C1. The van der Waals surface area contributed by atoms with Gasteiger partial charge in [0.05, 0.1) is 11.3 Å². The molecule has 96 valence electrons. The highest BCUT2D eigenvalue weighted by molar-refractivity contribution is 9.10. The second kappa shape index (κ2) is 4.57. The molecule has 1 saturated carbocycles. The van der Waals surface area contributed by atoms with Crippen LogP contribution in [0.4, 0.5) is 5.69 Å². The summed E-state index contributed by atoms with van der Waals surface area (Å²) >= 11 is 3.44. The van der Waals surface area contributed by atoms with Crippen LogP contribution in [0.15, 0.2) is 22.7 Å². The summed E-state index contributed by atoms with van der Waals surface area (Å²) in [7, 11) is 0. The second-order valence-corrected chi connectivity index (χ2v) is 6.33. The maximum absolute atomic E-state index is 11.3. The van der Waals surface area contributed by atoms with Crippen LogP contribution in [0.25, 0.3) is 0 Å². The van der Waals surface area contributed by atoms with Crippen molar-refractivity contribution < 1.29 is 9.90 Å². The van der Waals surface area contributed by atoms with Gasteiger partial charge in [-0.05, 0) is 49.3 Å². The van der Waals surface area contributed by atoms with E-state index in [1.807, 2.05) is 6.07 Å². The highest BCUT2D eigenvalue weighted by Gasteiger charge is 2.34. The van der Waals surface area contributed by atoms with Crippen molar-refractivity contribution in [3.8, 4) is 0 Å². The van der Waals surface area contributed by atoms with Gasteiger partial charge >= 0.3 is 5.97 Å². The van der Waals surface area contributed by atoms with E-state index in [4.69, 9.17) is 0 Å². The van der Waals surface area contributed by atoms with Gasteiger partial charge in [0.25, 0.3) is 0 Å². The first kappa shape index (κ1) is 12.0. The molecule has 1 aromatic carbocycles. The largest absolute Gasteiger partial charge is 0.478 e. The number of hydrogen-bond donors (Lipinski definition) is 1. The summed E-state index contributed by atoms with van der Waals surface area (Å²) in [5, 5.41) is 9.29. The summed E-state index contributed by atoms with van der Waals surface area (Å²) in [6.45, 7) is 2.01. The molecule has 1 aliphatic carbocycles. The number of piperidine rings is 1. The summed E-state index contributed by atoms with van der Waals surface area (Å²) < 4.78 is 0.945. The number of halogens is 1. The van der Waals surface area contributed by atoms with Crippen molar-refractivity contribution in [2.45, 2.75) is 19.3 Å². The summed E-state index contributed by atoms with van der Waals surface area (Å²) in [6.07, 6.45) is 3.93. The van der Waals surface area contributed by atoms with Crippen molar-refractivity contribution in [1.82, 2.24) is 0 Å². The van der Waals surface area contributed by atoms with E-state index in [0.29, 0.717) is 5.56 Å². The lowest BCUT2D eigenvalue weighted by Gasteiger charge is -2.34. The van der Waals surface area contributed by atoms with Gasteiger partial charge in [-0.15, -0.1) is 0 Å². The molecule has 2 atom stereocenters. The molecule has 3 rings (SSSR count). The Morgan fingerprint density at radius 3 is 2.56 bits per heavy atom. The Labute approximate surface area is 115 Å². The molecule has 4 heteroatoms. The van der Waals surface area contributed by atoms with Crippen LogP contribution in [0.5, 0.6) is 0 Å². The Hall–Kier alpha value is -1.03. The number of anilines is 1. The normalized spacial score (nSPS) is 26.4. The number of fused-ring (bicyclic) bond motifs is 2. The van der Waals surface area contributed by atoms with Crippen molar-refractivity contribution >= 4 is 27.6 Å². The zero-order valence-electron chi connectivity index (χ0n) is 10.1. The van der Waals surface area contributed by atoms with E-state index in [0.717, 1.165) is 35.1 Å². The molecule has 1 heterocycles. The minimum atomic E-state index is -0.838. The van der Waals surface area contributed by atoms with Crippen LogP contribution in [0.2, 0.25) is 0 Å². The van der Waals surface area contributed by atoms with Gasteiger partial charge in [0.1, 0.15) is 0 Å². The molecule has 1 saturated heterocycles. The van der Waals surface area contributed by atoms with Gasteiger partial charge in [0, 0.05) is 17.6 Å². The molecule has 0 aromatic heterocycles. The first-order chi connectivity index (χ1) is 8.63. The smallest absolute Gasteiger partial charge is 0.337 e. The molecule has 1 aliphatic heterocycles. The number of rotatable bonds is 2. The van der Waals surface area contributed by atoms with E-state index in [9.17, 15) is 9.90 Å². The zero-order chi connectivity index (χ0) is 12.7. The minimum Gasteiger partial charge on any atom is -0.478 e. The average Bonchev–Trinajstić information content (AvgIpc) is 2.67.